The highest BCUT2D eigenvalue weighted by Crippen LogP contribution is 2.36. The maximum atomic E-state index is 13.3. The third-order valence-corrected chi connectivity index (χ3v) is 7.34. The second kappa shape index (κ2) is 9.78. The largest absolute Gasteiger partial charge is 0.494 e. The predicted octanol–water partition coefficient (Wildman–Crippen LogP) is 2.72. The van der Waals surface area contributed by atoms with Crippen molar-refractivity contribution in [1.82, 2.24) is 29.7 Å². The van der Waals surface area contributed by atoms with Crippen LogP contribution in [0.3, 0.4) is 0 Å². The van der Waals surface area contributed by atoms with Crippen LogP contribution in [0.15, 0.2) is 41.3 Å². The van der Waals surface area contributed by atoms with Gasteiger partial charge in [0.1, 0.15) is 40.7 Å². The molecule has 0 fully saturated rings. The lowest BCUT2D eigenvalue weighted by molar-refractivity contribution is 0.390. The molecule has 0 aliphatic rings. The van der Waals surface area contributed by atoms with Crippen LogP contribution in [0.5, 0.6) is 11.5 Å². The lowest BCUT2D eigenvalue weighted by Gasteiger charge is -2.17. The highest BCUT2D eigenvalue weighted by molar-refractivity contribution is 7.91. The molecule has 0 saturated carbocycles. The van der Waals surface area contributed by atoms with Crippen LogP contribution >= 0.6 is 0 Å². The van der Waals surface area contributed by atoms with Crippen LogP contribution in [0.4, 0.5) is 4.39 Å². The first-order valence-corrected chi connectivity index (χ1v) is 12.2. The van der Waals surface area contributed by atoms with Gasteiger partial charge in [0.05, 0.1) is 31.9 Å². The number of nitrogens with zero attached hydrogens (tertiary/aromatic N) is 6. The summed E-state index contributed by atoms with van der Waals surface area (Å²) in [6.45, 7) is 3.22. The molecule has 11 nitrogen and oxygen atoms in total. The highest BCUT2D eigenvalue weighted by atomic mass is 32.2. The molecule has 3 aromatic heterocycles. The van der Waals surface area contributed by atoms with Crippen LogP contribution in [0.1, 0.15) is 24.5 Å². The van der Waals surface area contributed by atoms with Gasteiger partial charge in [-0.15, -0.1) is 10.2 Å². The van der Waals surface area contributed by atoms with Crippen LogP contribution in [0.25, 0.3) is 17.2 Å². The fourth-order valence-electron chi connectivity index (χ4n) is 3.48. The number of sulfone groups is 1. The number of aryl methyl sites for hydroxylation is 1. The van der Waals surface area contributed by atoms with Crippen molar-refractivity contribution >= 4 is 9.84 Å². The van der Waals surface area contributed by atoms with E-state index in [0.717, 1.165) is 12.4 Å². The van der Waals surface area contributed by atoms with Gasteiger partial charge in [-0.1, -0.05) is 6.07 Å². The molecular formula is C22H23FN6O5S. The molecule has 0 amide bonds. The van der Waals surface area contributed by atoms with Crippen LogP contribution in [0.2, 0.25) is 0 Å². The number of methoxy groups -OCH3 is 2. The Morgan fingerprint density at radius 3 is 2.34 bits per heavy atom. The summed E-state index contributed by atoms with van der Waals surface area (Å²) in [6.07, 6.45) is 3.41. The molecule has 0 radical (unpaired) electrons. The standard InChI is InChI=1S/C22H23FN6O5S/c1-13(8-19-24-9-15(23)10-25-19)35(30,31)12-20-27-28-22(16-11-34-14(2)26-16)29(20)21-17(32-3)6-5-7-18(21)33-4/h5-7,9-11,13H,8,12H2,1-4H3/t13-/m0/s1. The average molecular weight is 503 g/mol. The van der Waals surface area contributed by atoms with E-state index < -0.39 is 26.7 Å². The van der Waals surface area contributed by atoms with E-state index >= 15 is 0 Å². The molecule has 0 spiro atoms. The molecule has 0 unspecified atom stereocenters. The molecule has 35 heavy (non-hydrogen) atoms. The van der Waals surface area contributed by atoms with Crippen molar-refractivity contribution < 1.29 is 26.7 Å². The van der Waals surface area contributed by atoms with Gasteiger partial charge in [-0.2, -0.15) is 0 Å². The first kappa shape index (κ1) is 24.3. The maximum Gasteiger partial charge on any atom is 0.191 e. The molecule has 0 aliphatic carbocycles. The Bertz CT molecular complexity index is 1410. The molecule has 13 heteroatoms. The van der Waals surface area contributed by atoms with Gasteiger partial charge in [0.15, 0.2) is 33.2 Å². The van der Waals surface area contributed by atoms with Crippen molar-refractivity contribution in [2.45, 2.75) is 31.3 Å². The third kappa shape index (κ3) is 4.99. The number of benzene rings is 1. The van der Waals surface area contributed by atoms with Gasteiger partial charge < -0.3 is 13.9 Å². The number of ether oxygens (including phenoxy) is 2. The molecule has 3 heterocycles. The zero-order valence-electron chi connectivity index (χ0n) is 19.5. The van der Waals surface area contributed by atoms with Gasteiger partial charge in [-0.25, -0.2) is 27.8 Å². The van der Waals surface area contributed by atoms with Gasteiger partial charge in [-0.05, 0) is 19.1 Å². The molecule has 4 rings (SSSR count). The summed E-state index contributed by atoms with van der Waals surface area (Å²) in [5.74, 6) is 0.769. The van der Waals surface area contributed by atoms with E-state index in [9.17, 15) is 12.8 Å². The molecule has 0 aliphatic heterocycles. The quantitative estimate of drug-likeness (QED) is 0.336. The van der Waals surface area contributed by atoms with Crippen molar-refractivity contribution in [1.29, 1.82) is 0 Å². The number of hydrogen-bond donors (Lipinski definition) is 0. The minimum absolute atomic E-state index is 0.00404. The number of para-hydroxylation sites is 1. The van der Waals surface area contributed by atoms with Gasteiger partial charge in [0, 0.05) is 13.3 Å². The molecule has 1 aromatic carbocycles. The Morgan fingerprint density at radius 1 is 1.11 bits per heavy atom. The summed E-state index contributed by atoms with van der Waals surface area (Å²) in [5.41, 5.74) is 0.775. The fraction of sp³-hybridized carbons (Fsp3) is 0.318. The van der Waals surface area contributed by atoms with Crippen LogP contribution in [-0.4, -0.2) is 57.6 Å². The number of aromatic nitrogens is 6. The lowest BCUT2D eigenvalue weighted by atomic mass is 10.2. The van der Waals surface area contributed by atoms with Gasteiger partial charge >= 0.3 is 0 Å². The Balaban J connectivity index is 1.79. The first-order chi connectivity index (χ1) is 16.7. The summed E-state index contributed by atoms with van der Waals surface area (Å²) in [7, 11) is -0.798. The molecule has 0 saturated heterocycles. The summed E-state index contributed by atoms with van der Waals surface area (Å²) in [6, 6.07) is 5.16. The molecule has 4 aromatic rings. The topological polar surface area (TPSA) is 135 Å². The molecule has 184 valence electrons. The van der Waals surface area contributed by atoms with Crippen molar-refractivity contribution in [3.8, 4) is 28.7 Å². The predicted molar refractivity (Wildman–Crippen MR) is 122 cm³/mol. The second-order valence-electron chi connectivity index (χ2n) is 7.68. The van der Waals surface area contributed by atoms with E-state index in [-0.39, 0.29) is 23.9 Å². The van der Waals surface area contributed by atoms with E-state index in [0.29, 0.717) is 28.8 Å². The van der Waals surface area contributed by atoms with E-state index in [1.165, 1.54) is 32.0 Å². The summed E-state index contributed by atoms with van der Waals surface area (Å²) in [5, 5.41) is 7.51. The lowest BCUT2D eigenvalue weighted by Crippen LogP contribution is -2.24. The third-order valence-electron chi connectivity index (χ3n) is 5.29. The van der Waals surface area contributed by atoms with E-state index in [1.54, 1.807) is 25.1 Å². The van der Waals surface area contributed by atoms with Crippen molar-refractivity contribution in [2.24, 2.45) is 0 Å². The number of rotatable bonds is 9. The monoisotopic (exact) mass is 502 g/mol. The normalized spacial score (nSPS) is 12.5. The summed E-state index contributed by atoms with van der Waals surface area (Å²) < 4.78 is 57.7. The van der Waals surface area contributed by atoms with E-state index in [4.69, 9.17) is 13.9 Å². The van der Waals surface area contributed by atoms with Gasteiger partial charge in [-0.3, -0.25) is 4.57 Å². The van der Waals surface area contributed by atoms with Crippen molar-refractivity contribution in [3.05, 3.63) is 60.2 Å². The first-order valence-electron chi connectivity index (χ1n) is 10.5. The zero-order chi connectivity index (χ0) is 25.2. The Morgan fingerprint density at radius 2 is 1.77 bits per heavy atom. The van der Waals surface area contributed by atoms with E-state index in [2.05, 4.69) is 25.1 Å². The van der Waals surface area contributed by atoms with Crippen LogP contribution in [-0.2, 0) is 22.0 Å². The number of halogens is 1. The smallest absolute Gasteiger partial charge is 0.191 e. The minimum atomic E-state index is -3.78. The Kier molecular flexibility index (Phi) is 6.78. The molecule has 1 atom stereocenters. The molecule has 0 N–H and O–H groups in total. The molecule has 0 bridgehead atoms. The fourth-order valence-corrected chi connectivity index (χ4v) is 4.71. The van der Waals surface area contributed by atoms with Gasteiger partial charge in [0.2, 0.25) is 0 Å². The zero-order valence-corrected chi connectivity index (χ0v) is 20.3. The summed E-state index contributed by atoms with van der Waals surface area (Å²) in [4.78, 5) is 12.0. The van der Waals surface area contributed by atoms with E-state index in [1.807, 2.05) is 0 Å². The van der Waals surface area contributed by atoms with Crippen LogP contribution < -0.4 is 9.47 Å². The molecular weight excluding hydrogens is 479 g/mol. The highest BCUT2D eigenvalue weighted by Gasteiger charge is 2.30. The van der Waals surface area contributed by atoms with Crippen molar-refractivity contribution in [2.75, 3.05) is 14.2 Å². The number of hydrogen-bond acceptors (Lipinski definition) is 10. The Hall–Kier alpha value is -3.87. The van der Waals surface area contributed by atoms with Crippen molar-refractivity contribution in [3.63, 3.8) is 0 Å². The maximum absolute atomic E-state index is 13.3. The SMILES string of the molecule is COc1cccc(OC)c1-n1c(CS(=O)(=O)[C@@H](C)Cc2ncc(F)cn2)nnc1-c1coc(C)n1. The minimum Gasteiger partial charge on any atom is -0.494 e. The second-order valence-corrected chi connectivity index (χ2v) is 10.1. The average Bonchev–Trinajstić information content (AvgIpc) is 3.45. The van der Waals surface area contributed by atoms with Gasteiger partial charge in [0.25, 0.3) is 0 Å². The Labute approximate surface area is 200 Å². The summed E-state index contributed by atoms with van der Waals surface area (Å²) >= 11 is 0. The number of oxazole rings is 1. The van der Waals surface area contributed by atoms with Crippen LogP contribution in [0, 0.1) is 12.7 Å².